The normalized spacial score (nSPS) is 21.8. The molecule has 0 spiro atoms. The second kappa shape index (κ2) is 7.17. The maximum atomic E-state index is 9.59. The Labute approximate surface area is 92.8 Å². The summed E-state index contributed by atoms with van der Waals surface area (Å²) in [7, 11) is 1.63. The fourth-order valence-corrected chi connectivity index (χ4v) is 2.05. The third kappa shape index (κ3) is 4.93. The predicted octanol–water partition coefficient (Wildman–Crippen LogP) is 0.0213. The molecule has 0 radical (unpaired) electrons. The van der Waals surface area contributed by atoms with Crippen molar-refractivity contribution in [2.24, 2.45) is 0 Å². The summed E-state index contributed by atoms with van der Waals surface area (Å²) in [6, 6.07) is 0. The van der Waals surface area contributed by atoms with Crippen LogP contribution in [0.5, 0.6) is 0 Å². The van der Waals surface area contributed by atoms with Crippen molar-refractivity contribution >= 4 is 0 Å². The van der Waals surface area contributed by atoms with Crippen LogP contribution in [0, 0.1) is 0 Å². The fourth-order valence-electron chi connectivity index (χ4n) is 2.05. The SMILES string of the molecule is CCCN1CCN(CC(O)COC)CC1. The summed E-state index contributed by atoms with van der Waals surface area (Å²) in [5.41, 5.74) is 0. The monoisotopic (exact) mass is 216 g/mol. The van der Waals surface area contributed by atoms with Crippen molar-refractivity contribution in [2.45, 2.75) is 19.4 Å². The average Bonchev–Trinajstić information content (AvgIpc) is 2.22. The standard InChI is InChI=1S/C11H24N2O2/c1-3-4-12-5-7-13(8-6-12)9-11(14)10-15-2/h11,14H,3-10H2,1-2H3. The first-order valence-corrected chi connectivity index (χ1v) is 5.88. The van der Waals surface area contributed by atoms with Gasteiger partial charge in [-0.2, -0.15) is 0 Å². The highest BCUT2D eigenvalue weighted by molar-refractivity contribution is 4.73. The third-order valence-corrected chi connectivity index (χ3v) is 2.83. The van der Waals surface area contributed by atoms with E-state index in [0.29, 0.717) is 6.61 Å². The van der Waals surface area contributed by atoms with Gasteiger partial charge in [-0.25, -0.2) is 0 Å². The van der Waals surface area contributed by atoms with E-state index in [1.165, 1.54) is 13.0 Å². The Morgan fingerprint density at radius 3 is 2.33 bits per heavy atom. The third-order valence-electron chi connectivity index (χ3n) is 2.83. The lowest BCUT2D eigenvalue weighted by atomic mass is 10.2. The van der Waals surface area contributed by atoms with E-state index in [9.17, 15) is 5.11 Å². The largest absolute Gasteiger partial charge is 0.389 e. The minimum Gasteiger partial charge on any atom is -0.389 e. The summed E-state index contributed by atoms with van der Waals surface area (Å²) in [5, 5.41) is 9.59. The lowest BCUT2D eigenvalue weighted by molar-refractivity contribution is 0.0240. The summed E-state index contributed by atoms with van der Waals surface area (Å²) in [6.07, 6.45) is 0.888. The molecular weight excluding hydrogens is 192 g/mol. The van der Waals surface area contributed by atoms with Gasteiger partial charge in [0.2, 0.25) is 0 Å². The molecule has 1 aliphatic rings. The highest BCUT2D eigenvalue weighted by Crippen LogP contribution is 2.03. The summed E-state index contributed by atoms with van der Waals surface area (Å²) < 4.78 is 4.92. The zero-order valence-corrected chi connectivity index (χ0v) is 9.98. The molecule has 0 aromatic carbocycles. The van der Waals surface area contributed by atoms with Crippen molar-refractivity contribution in [1.29, 1.82) is 0 Å². The summed E-state index contributed by atoms with van der Waals surface area (Å²) in [4.78, 5) is 4.80. The first-order valence-electron chi connectivity index (χ1n) is 5.88. The van der Waals surface area contributed by atoms with E-state index in [1.807, 2.05) is 0 Å². The van der Waals surface area contributed by atoms with Gasteiger partial charge in [-0.1, -0.05) is 6.92 Å². The van der Waals surface area contributed by atoms with Crippen LogP contribution in [-0.2, 0) is 4.74 Å². The van der Waals surface area contributed by atoms with Crippen molar-refractivity contribution in [3.8, 4) is 0 Å². The number of rotatable bonds is 6. The van der Waals surface area contributed by atoms with Gasteiger partial charge in [0.05, 0.1) is 12.7 Å². The Kier molecular flexibility index (Phi) is 6.17. The molecule has 4 nitrogen and oxygen atoms in total. The number of aliphatic hydroxyl groups is 1. The zero-order valence-electron chi connectivity index (χ0n) is 9.98. The lowest BCUT2D eigenvalue weighted by Gasteiger charge is -2.35. The van der Waals surface area contributed by atoms with Crippen molar-refractivity contribution in [3.63, 3.8) is 0 Å². The molecule has 1 aliphatic heterocycles. The van der Waals surface area contributed by atoms with E-state index in [2.05, 4.69) is 16.7 Å². The first kappa shape index (κ1) is 12.9. The Bertz CT molecular complexity index is 159. The van der Waals surface area contributed by atoms with E-state index in [4.69, 9.17) is 4.74 Å². The first-order chi connectivity index (χ1) is 7.26. The van der Waals surface area contributed by atoms with Gasteiger partial charge in [-0.15, -0.1) is 0 Å². The van der Waals surface area contributed by atoms with Gasteiger partial charge < -0.3 is 14.7 Å². The second-order valence-electron chi connectivity index (χ2n) is 4.25. The van der Waals surface area contributed by atoms with Gasteiger partial charge in [-0.05, 0) is 13.0 Å². The quantitative estimate of drug-likeness (QED) is 0.679. The molecule has 0 aromatic heterocycles. The summed E-state index contributed by atoms with van der Waals surface area (Å²) in [6.45, 7) is 9.01. The maximum Gasteiger partial charge on any atom is 0.0900 e. The van der Waals surface area contributed by atoms with E-state index in [0.717, 1.165) is 32.7 Å². The van der Waals surface area contributed by atoms with Gasteiger partial charge >= 0.3 is 0 Å². The molecule has 1 unspecified atom stereocenters. The van der Waals surface area contributed by atoms with Gasteiger partial charge in [0.25, 0.3) is 0 Å². The Morgan fingerprint density at radius 2 is 1.80 bits per heavy atom. The van der Waals surface area contributed by atoms with Crippen molar-refractivity contribution in [3.05, 3.63) is 0 Å². The number of β-amino-alcohol motifs (C(OH)–C–C–N with tert-alkyl or cyclic N) is 1. The Balaban J connectivity index is 2.14. The molecule has 0 bridgehead atoms. The Morgan fingerprint density at radius 1 is 1.20 bits per heavy atom. The second-order valence-corrected chi connectivity index (χ2v) is 4.25. The average molecular weight is 216 g/mol. The molecule has 1 fully saturated rings. The molecule has 1 N–H and O–H groups in total. The minimum absolute atomic E-state index is 0.340. The number of hydrogen-bond donors (Lipinski definition) is 1. The van der Waals surface area contributed by atoms with Gasteiger partial charge in [0, 0.05) is 39.8 Å². The number of methoxy groups -OCH3 is 1. The predicted molar refractivity (Wildman–Crippen MR) is 61.1 cm³/mol. The highest BCUT2D eigenvalue weighted by atomic mass is 16.5. The van der Waals surface area contributed by atoms with Crippen molar-refractivity contribution in [2.75, 3.05) is 53.0 Å². The van der Waals surface area contributed by atoms with E-state index in [-0.39, 0.29) is 6.10 Å². The molecule has 0 amide bonds. The molecule has 1 rings (SSSR count). The van der Waals surface area contributed by atoms with Crippen LogP contribution in [0.25, 0.3) is 0 Å². The topological polar surface area (TPSA) is 35.9 Å². The molecule has 0 aliphatic carbocycles. The van der Waals surface area contributed by atoms with Gasteiger partial charge in [-0.3, -0.25) is 4.90 Å². The Hall–Kier alpha value is -0.160. The van der Waals surface area contributed by atoms with Gasteiger partial charge in [0.15, 0.2) is 0 Å². The summed E-state index contributed by atoms with van der Waals surface area (Å²) in [5.74, 6) is 0. The highest BCUT2D eigenvalue weighted by Gasteiger charge is 2.18. The van der Waals surface area contributed by atoms with Crippen LogP contribution < -0.4 is 0 Å². The molecule has 0 saturated carbocycles. The van der Waals surface area contributed by atoms with E-state index in [1.54, 1.807) is 7.11 Å². The van der Waals surface area contributed by atoms with Crippen LogP contribution in [0.15, 0.2) is 0 Å². The molecule has 90 valence electrons. The lowest BCUT2D eigenvalue weighted by Crippen LogP contribution is -2.49. The number of aliphatic hydroxyl groups excluding tert-OH is 1. The number of ether oxygens (including phenoxy) is 1. The van der Waals surface area contributed by atoms with Crippen LogP contribution in [-0.4, -0.2) is 74.0 Å². The molecule has 0 aromatic rings. The molecule has 4 heteroatoms. The van der Waals surface area contributed by atoms with Gasteiger partial charge in [0.1, 0.15) is 0 Å². The number of hydrogen-bond acceptors (Lipinski definition) is 4. The molecule has 1 atom stereocenters. The molecule has 1 heterocycles. The van der Waals surface area contributed by atoms with Crippen LogP contribution >= 0.6 is 0 Å². The van der Waals surface area contributed by atoms with Crippen molar-refractivity contribution in [1.82, 2.24) is 9.80 Å². The maximum absolute atomic E-state index is 9.59. The number of nitrogens with zero attached hydrogens (tertiary/aromatic N) is 2. The van der Waals surface area contributed by atoms with Crippen LogP contribution in [0.3, 0.4) is 0 Å². The van der Waals surface area contributed by atoms with E-state index < -0.39 is 0 Å². The van der Waals surface area contributed by atoms with Crippen LogP contribution in [0.2, 0.25) is 0 Å². The van der Waals surface area contributed by atoms with Crippen LogP contribution in [0.4, 0.5) is 0 Å². The molecule has 15 heavy (non-hydrogen) atoms. The number of piperazine rings is 1. The van der Waals surface area contributed by atoms with E-state index >= 15 is 0 Å². The van der Waals surface area contributed by atoms with Crippen LogP contribution in [0.1, 0.15) is 13.3 Å². The molecular formula is C11H24N2O2. The minimum atomic E-state index is -0.340. The summed E-state index contributed by atoms with van der Waals surface area (Å²) >= 11 is 0. The smallest absolute Gasteiger partial charge is 0.0900 e. The van der Waals surface area contributed by atoms with Crippen molar-refractivity contribution < 1.29 is 9.84 Å². The fraction of sp³-hybridized carbons (Fsp3) is 1.00. The molecule has 1 saturated heterocycles. The zero-order chi connectivity index (χ0) is 11.1.